The minimum atomic E-state index is -0.361. The molecule has 1 atom stereocenters. The van der Waals surface area contributed by atoms with E-state index in [9.17, 15) is 9.59 Å². The van der Waals surface area contributed by atoms with Crippen LogP contribution in [0.1, 0.15) is 6.42 Å². The topological polar surface area (TPSA) is 46.6 Å². The minimum Gasteiger partial charge on any atom is -0.469 e. The highest BCUT2D eigenvalue weighted by Gasteiger charge is 2.36. The number of esters is 1. The highest BCUT2D eigenvalue weighted by molar-refractivity contribution is 9.10. The number of ether oxygens (including phenoxy) is 1. The molecule has 1 unspecified atom stereocenters. The second kappa shape index (κ2) is 4.87. The Kier molecular flexibility index (Phi) is 3.47. The zero-order chi connectivity index (χ0) is 12.4. The smallest absolute Gasteiger partial charge is 0.311 e. The van der Waals surface area contributed by atoms with Gasteiger partial charge in [0.05, 0.1) is 18.7 Å². The number of methoxy groups -OCH3 is 1. The summed E-state index contributed by atoms with van der Waals surface area (Å²) in [5.74, 6) is -0.736. The van der Waals surface area contributed by atoms with Gasteiger partial charge in [-0.25, -0.2) is 0 Å². The number of anilines is 1. The molecule has 2 rings (SSSR count). The number of rotatable bonds is 2. The van der Waals surface area contributed by atoms with E-state index in [4.69, 9.17) is 0 Å². The molecule has 5 heteroatoms. The van der Waals surface area contributed by atoms with Crippen molar-refractivity contribution in [3.05, 3.63) is 28.7 Å². The fourth-order valence-corrected chi connectivity index (χ4v) is 2.43. The first-order valence-electron chi connectivity index (χ1n) is 5.26. The van der Waals surface area contributed by atoms with Gasteiger partial charge in [0.2, 0.25) is 5.91 Å². The summed E-state index contributed by atoms with van der Waals surface area (Å²) in [5.41, 5.74) is 0.795. The molecule has 1 aliphatic heterocycles. The Balaban J connectivity index is 2.22. The summed E-state index contributed by atoms with van der Waals surface area (Å²) in [6.45, 7) is 0.383. The maximum absolute atomic E-state index is 11.9. The third kappa shape index (κ3) is 2.34. The van der Waals surface area contributed by atoms with Crippen LogP contribution in [-0.4, -0.2) is 25.5 Å². The largest absolute Gasteiger partial charge is 0.469 e. The summed E-state index contributed by atoms with van der Waals surface area (Å²) >= 11 is 3.40. The maximum Gasteiger partial charge on any atom is 0.311 e. The van der Waals surface area contributed by atoms with Crippen LogP contribution in [0.3, 0.4) is 0 Å². The number of hydrogen-bond donors (Lipinski definition) is 0. The molecule has 0 N–H and O–H groups in total. The van der Waals surface area contributed by atoms with Crippen molar-refractivity contribution in [1.29, 1.82) is 0 Å². The molecule has 1 heterocycles. The molecule has 1 fully saturated rings. The number of amides is 1. The maximum atomic E-state index is 11.9. The van der Waals surface area contributed by atoms with E-state index in [0.29, 0.717) is 6.54 Å². The lowest BCUT2D eigenvalue weighted by molar-refractivity contribution is -0.145. The number of benzene rings is 1. The van der Waals surface area contributed by atoms with Crippen molar-refractivity contribution in [2.75, 3.05) is 18.6 Å². The van der Waals surface area contributed by atoms with Crippen LogP contribution in [0.25, 0.3) is 0 Å². The molecule has 17 heavy (non-hydrogen) atoms. The SMILES string of the molecule is COC(=O)C1CC(=O)N(c2ccccc2Br)C1. The Bertz CT molecular complexity index is 461. The Morgan fingerprint density at radius 1 is 1.47 bits per heavy atom. The molecule has 0 bridgehead atoms. The number of nitrogens with zero attached hydrogens (tertiary/aromatic N) is 1. The lowest BCUT2D eigenvalue weighted by atomic mass is 10.1. The fraction of sp³-hybridized carbons (Fsp3) is 0.333. The third-order valence-corrected chi connectivity index (χ3v) is 3.47. The van der Waals surface area contributed by atoms with E-state index < -0.39 is 0 Å². The molecule has 0 radical (unpaired) electrons. The third-order valence-electron chi connectivity index (χ3n) is 2.80. The monoisotopic (exact) mass is 297 g/mol. The van der Waals surface area contributed by atoms with Crippen molar-refractivity contribution in [3.8, 4) is 0 Å². The molecule has 0 aliphatic carbocycles. The van der Waals surface area contributed by atoms with Crippen LogP contribution in [0.15, 0.2) is 28.7 Å². The molecule has 90 valence electrons. The van der Waals surface area contributed by atoms with Gasteiger partial charge in [0.25, 0.3) is 0 Å². The normalized spacial score (nSPS) is 19.5. The summed E-state index contributed by atoms with van der Waals surface area (Å²) in [6, 6.07) is 7.46. The summed E-state index contributed by atoms with van der Waals surface area (Å²) in [7, 11) is 1.34. The van der Waals surface area contributed by atoms with Gasteiger partial charge in [0, 0.05) is 17.4 Å². The lowest BCUT2D eigenvalue weighted by Gasteiger charge is -2.17. The predicted molar refractivity (Wildman–Crippen MR) is 66.6 cm³/mol. The summed E-state index contributed by atoms with van der Waals surface area (Å²) in [4.78, 5) is 24.9. The Morgan fingerprint density at radius 2 is 2.18 bits per heavy atom. The van der Waals surface area contributed by atoms with Gasteiger partial charge < -0.3 is 9.64 Å². The number of halogens is 1. The predicted octanol–water partition coefficient (Wildman–Crippen LogP) is 1.98. The van der Waals surface area contributed by atoms with Crippen molar-refractivity contribution in [3.63, 3.8) is 0 Å². The molecule has 4 nitrogen and oxygen atoms in total. The molecular formula is C12H12BrNO3. The van der Waals surface area contributed by atoms with Crippen LogP contribution in [0.5, 0.6) is 0 Å². The van der Waals surface area contributed by atoms with E-state index in [1.807, 2.05) is 24.3 Å². The molecule has 0 aromatic heterocycles. The summed E-state index contributed by atoms with van der Waals surface area (Å²) < 4.78 is 5.51. The van der Waals surface area contributed by atoms with Crippen LogP contribution >= 0.6 is 15.9 Å². The first-order valence-corrected chi connectivity index (χ1v) is 6.05. The van der Waals surface area contributed by atoms with E-state index in [0.717, 1.165) is 10.2 Å². The van der Waals surface area contributed by atoms with E-state index >= 15 is 0 Å². The highest BCUT2D eigenvalue weighted by atomic mass is 79.9. The molecule has 1 aliphatic rings. The van der Waals surface area contributed by atoms with E-state index in [1.54, 1.807) is 4.90 Å². The molecular weight excluding hydrogens is 286 g/mol. The standard InChI is InChI=1S/C12H12BrNO3/c1-17-12(16)8-6-11(15)14(7-8)10-5-3-2-4-9(10)13/h2-5,8H,6-7H2,1H3. The fourth-order valence-electron chi connectivity index (χ4n) is 1.94. The molecule has 1 amide bonds. The Morgan fingerprint density at radius 3 is 2.82 bits per heavy atom. The van der Waals surface area contributed by atoms with Crippen molar-refractivity contribution < 1.29 is 14.3 Å². The first kappa shape index (κ1) is 12.1. The van der Waals surface area contributed by atoms with Crippen molar-refractivity contribution in [2.24, 2.45) is 5.92 Å². The van der Waals surface area contributed by atoms with E-state index in [2.05, 4.69) is 20.7 Å². The van der Waals surface area contributed by atoms with Crippen molar-refractivity contribution in [2.45, 2.75) is 6.42 Å². The van der Waals surface area contributed by atoms with Gasteiger partial charge in [-0.3, -0.25) is 9.59 Å². The number of hydrogen-bond acceptors (Lipinski definition) is 3. The van der Waals surface area contributed by atoms with Crippen molar-refractivity contribution >= 4 is 33.5 Å². The average molecular weight is 298 g/mol. The van der Waals surface area contributed by atoms with Crippen LogP contribution in [0.2, 0.25) is 0 Å². The van der Waals surface area contributed by atoms with Gasteiger partial charge in [-0.05, 0) is 28.1 Å². The van der Waals surface area contributed by atoms with Gasteiger partial charge >= 0.3 is 5.97 Å². The Hall–Kier alpha value is -1.36. The molecule has 1 aromatic rings. The van der Waals surface area contributed by atoms with Gasteiger partial charge in [-0.2, -0.15) is 0 Å². The number of carbonyl (C=O) groups excluding carboxylic acids is 2. The van der Waals surface area contributed by atoms with Gasteiger partial charge in [0.15, 0.2) is 0 Å². The summed E-state index contributed by atoms with van der Waals surface area (Å²) in [5, 5.41) is 0. The van der Waals surface area contributed by atoms with Crippen LogP contribution < -0.4 is 4.90 Å². The Labute approximate surface area is 108 Å². The highest BCUT2D eigenvalue weighted by Crippen LogP contribution is 2.31. The second-order valence-electron chi connectivity index (χ2n) is 3.88. The van der Waals surface area contributed by atoms with E-state index in [-0.39, 0.29) is 24.2 Å². The first-order chi connectivity index (χ1) is 8.13. The summed E-state index contributed by atoms with van der Waals surface area (Å²) in [6.07, 6.45) is 0.216. The van der Waals surface area contributed by atoms with Gasteiger partial charge in [0.1, 0.15) is 0 Å². The number of para-hydroxylation sites is 1. The molecule has 1 aromatic carbocycles. The lowest BCUT2D eigenvalue weighted by Crippen LogP contribution is -2.26. The quantitative estimate of drug-likeness (QED) is 0.784. The number of carbonyl (C=O) groups is 2. The van der Waals surface area contributed by atoms with Gasteiger partial charge in [-0.1, -0.05) is 12.1 Å². The van der Waals surface area contributed by atoms with Crippen LogP contribution in [-0.2, 0) is 14.3 Å². The average Bonchev–Trinajstić information content (AvgIpc) is 2.71. The van der Waals surface area contributed by atoms with Gasteiger partial charge in [-0.15, -0.1) is 0 Å². The molecule has 1 saturated heterocycles. The minimum absolute atomic E-state index is 0.0488. The van der Waals surface area contributed by atoms with Crippen molar-refractivity contribution in [1.82, 2.24) is 0 Å². The molecule has 0 spiro atoms. The van der Waals surface area contributed by atoms with Crippen LogP contribution in [0, 0.1) is 5.92 Å². The zero-order valence-corrected chi connectivity index (χ0v) is 10.9. The van der Waals surface area contributed by atoms with Crippen LogP contribution in [0.4, 0.5) is 5.69 Å². The second-order valence-corrected chi connectivity index (χ2v) is 4.73. The molecule has 0 saturated carbocycles. The zero-order valence-electron chi connectivity index (χ0n) is 9.35. The van der Waals surface area contributed by atoms with E-state index in [1.165, 1.54) is 7.11 Å².